The summed E-state index contributed by atoms with van der Waals surface area (Å²) in [6.07, 6.45) is 0. The first-order chi connectivity index (χ1) is 9.10. The van der Waals surface area contributed by atoms with Crippen LogP contribution >= 0.6 is 23.2 Å². The van der Waals surface area contributed by atoms with E-state index in [2.05, 4.69) is 17.9 Å². The number of nitrogens with zero attached hydrogens (tertiary/aromatic N) is 2. The Morgan fingerprint density at radius 1 is 1.42 bits per heavy atom. The highest BCUT2D eigenvalue weighted by Gasteiger charge is 2.26. The summed E-state index contributed by atoms with van der Waals surface area (Å²) in [6.45, 7) is 5.42. The molecule has 1 amide bonds. The zero-order chi connectivity index (χ0) is 13.8. The Balaban J connectivity index is 1.93. The monoisotopic (exact) mass is 300 g/mol. The fourth-order valence-corrected chi connectivity index (χ4v) is 2.88. The Morgan fingerprint density at radius 2 is 2.21 bits per heavy atom. The summed E-state index contributed by atoms with van der Waals surface area (Å²) in [5.74, 6) is 0.0927. The fourth-order valence-electron chi connectivity index (χ4n) is 2.52. The van der Waals surface area contributed by atoms with Crippen LogP contribution in [0.5, 0.6) is 0 Å². The van der Waals surface area contributed by atoms with E-state index >= 15 is 0 Å². The molecule has 1 atom stereocenters. The molecule has 1 aromatic rings. The number of piperazine rings is 1. The second-order valence-corrected chi connectivity index (χ2v) is 5.64. The van der Waals surface area contributed by atoms with Crippen LogP contribution in [0, 0.1) is 0 Å². The first kappa shape index (κ1) is 14.6. The van der Waals surface area contributed by atoms with Gasteiger partial charge in [-0.05, 0) is 24.6 Å². The Bertz CT molecular complexity index is 453. The minimum absolute atomic E-state index is 0.0246. The lowest BCUT2D eigenvalue weighted by Gasteiger charge is -2.39. The smallest absolute Gasteiger partial charge is 0.237 e. The third-order valence-corrected chi connectivity index (χ3v) is 3.91. The van der Waals surface area contributed by atoms with E-state index in [1.54, 1.807) is 0 Å². The van der Waals surface area contributed by atoms with Crippen LogP contribution in [-0.4, -0.2) is 47.3 Å². The highest BCUT2D eigenvalue weighted by molar-refractivity contribution is 6.30. The normalized spacial score (nSPS) is 20.6. The van der Waals surface area contributed by atoms with Gasteiger partial charge in [0.1, 0.15) is 5.88 Å². The largest absolute Gasteiger partial charge is 0.336 e. The van der Waals surface area contributed by atoms with Crippen LogP contribution in [0.4, 0.5) is 0 Å². The molecule has 1 aliphatic rings. The van der Waals surface area contributed by atoms with E-state index < -0.39 is 0 Å². The standard InChI is InChI=1S/C14H18Cl2N2O/c1-11-9-17(5-6-18(11)14(19)8-15)10-12-3-2-4-13(16)7-12/h2-4,7,11H,5-6,8-10H2,1H3. The predicted molar refractivity (Wildman–Crippen MR) is 78.6 cm³/mol. The molecule has 1 unspecified atom stereocenters. The van der Waals surface area contributed by atoms with Crippen molar-refractivity contribution < 1.29 is 4.79 Å². The van der Waals surface area contributed by atoms with E-state index in [0.29, 0.717) is 0 Å². The number of amides is 1. The van der Waals surface area contributed by atoms with Crippen LogP contribution in [0.2, 0.25) is 5.02 Å². The second-order valence-electron chi connectivity index (χ2n) is 4.93. The highest BCUT2D eigenvalue weighted by Crippen LogP contribution is 2.16. The zero-order valence-corrected chi connectivity index (χ0v) is 12.5. The number of halogens is 2. The van der Waals surface area contributed by atoms with Gasteiger partial charge in [-0.2, -0.15) is 0 Å². The van der Waals surface area contributed by atoms with E-state index in [9.17, 15) is 4.79 Å². The second kappa shape index (κ2) is 6.60. The van der Waals surface area contributed by atoms with Gasteiger partial charge < -0.3 is 4.90 Å². The predicted octanol–water partition coefficient (Wildman–Crippen LogP) is 2.61. The van der Waals surface area contributed by atoms with Crippen LogP contribution < -0.4 is 0 Å². The number of hydrogen-bond acceptors (Lipinski definition) is 2. The first-order valence-electron chi connectivity index (χ1n) is 6.42. The third kappa shape index (κ3) is 3.85. The topological polar surface area (TPSA) is 23.6 Å². The van der Waals surface area contributed by atoms with E-state index in [1.807, 2.05) is 23.1 Å². The zero-order valence-electron chi connectivity index (χ0n) is 11.0. The average Bonchev–Trinajstić information content (AvgIpc) is 2.38. The van der Waals surface area contributed by atoms with E-state index in [4.69, 9.17) is 23.2 Å². The Hall–Kier alpha value is -0.770. The molecule has 1 saturated heterocycles. The molecule has 0 radical (unpaired) electrons. The number of hydrogen-bond donors (Lipinski definition) is 0. The van der Waals surface area contributed by atoms with Crippen molar-refractivity contribution in [2.75, 3.05) is 25.5 Å². The summed E-state index contributed by atoms with van der Waals surface area (Å²) < 4.78 is 0. The number of rotatable bonds is 3. The molecule has 0 N–H and O–H groups in total. The van der Waals surface area contributed by atoms with Crippen molar-refractivity contribution in [3.8, 4) is 0 Å². The summed E-state index contributed by atoms with van der Waals surface area (Å²) in [4.78, 5) is 15.8. The number of benzene rings is 1. The lowest BCUT2D eigenvalue weighted by Crippen LogP contribution is -2.53. The van der Waals surface area contributed by atoms with E-state index in [-0.39, 0.29) is 17.8 Å². The van der Waals surface area contributed by atoms with Crippen LogP contribution in [-0.2, 0) is 11.3 Å². The van der Waals surface area contributed by atoms with Gasteiger partial charge in [0.05, 0.1) is 0 Å². The highest BCUT2D eigenvalue weighted by atomic mass is 35.5. The molecule has 0 spiro atoms. The summed E-state index contributed by atoms with van der Waals surface area (Å²) >= 11 is 11.6. The van der Waals surface area contributed by atoms with Crippen molar-refractivity contribution in [3.05, 3.63) is 34.9 Å². The molecule has 0 aliphatic carbocycles. The van der Waals surface area contributed by atoms with Gasteiger partial charge in [0.25, 0.3) is 0 Å². The number of carbonyl (C=O) groups excluding carboxylic acids is 1. The van der Waals surface area contributed by atoms with Crippen molar-refractivity contribution in [3.63, 3.8) is 0 Å². The maximum atomic E-state index is 11.6. The molecule has 1 heterocycles. The van der Waals surface area contributed by atoms with Crippen molar-refractivity contribution in [2.24, 2.45) is 0 Å². The molecular formula is C14H18Cl2N2O. The molecular weight excluding hydrogens is 283 g/mol. The minimum atomic E-state index is 0.0246. The average molecular weight is 301 g/mol. The fraction of sp³-hybridized carbons (Fsp3) is 0.500. The molecule has 19 heavy (non-hydrogen) atoms. The van der Waals surface area contributed by atoms with Gasteiger partial charge in [0.15, 0.2) is 0 Å². The molecule has 0 aromatic heterocycles. The number of alkyl halides is 1. The maximum Gasteiger partial charge on any atom is 0.237 e. The molecule has 3 nitrogen and oxygen atoms in total. The molecule has 0 bridgehead atoms. The van der Waals surface area contributed by atoms with Crippen molar-refractivity contribution in [2.45, 2.75) is 19.5 Å². The summed E-state index contributed by atoms with van der Waals surface area (Å²) in [5.41, 5.74) is 1.21. The lowest BCUT2D eigenvalue weighted by atomic mass is 10.1. The Kier molecular flexibility index (Phi) is 5.08. The summed E-state index contributed by atoms with van der Waals surface area (Å²) in [6, 6.07) is 8.12. The molecule has 1 aliphatic heterocycles. The van der Waals surface area contributed by atoms with Crippen LogP contribution in [0.1, 0.15) is 12.5 Å². The molecule has 5 heteroatoms. The first-order valence-corrected chi connectivity index (χ1v) is 7.33. The number of carbonyl (C=O) groups is 1. The van der Waals surface area contributed by atoms with Gasteiger partial charge in [-0.25, -0.2) is 0 Å². The maximum absolute atomic E-state index is 11.6. The SMILES string of the molecule is CC1CN(Cc2cccc(Cl)c2)CCN1C(=O)CCl. The Labute approximate surface area is 124 Å². The van der Waals surface area contributed by atoms with Crippen LogP contribution in [0.15, 0.2) is 24.3 Å². The van der Waals surface area contributed by atoms with Crippen molar-refractivity contribution in [1.82, 2.24) is 9.80 Å². The summed E-state index contributed by atoms with van der Waals surface area (Å²) in [7, 11) is 0. The van der Waals surface area contributed by atoms with Gasteiger partial charge in [0.2, 0.25) is 5.91 Å². The Morgan fingerprint density at radius 3 is 2.84 bits per heavy atom. The summed E-state index contributed by atoms with van der Waals surface area (Å²) in [5, 5.41) is 0.765. The molecule has 1 fully saturated rings. The van der Waals surface area contributed by atoms with Crippen molar-refractivity contribution >= 4 is 29.1 Å². The van der Waals surface area contributed by atoms with Gasteiger partial charge in [0, 0.05) is 37.2 Å². The third-order valence-electron chi connectivity index (χ3n) is 3.44. The molecule has 2 rings (SSSR count). The van der Waals surface area contributed by atoms with Gasteiger partial charge in [-0.15, -0.1) is 11.6 Å². The van der Waals surface area contributed by atoms with E-state index in [1.165, 1.54) is 5.56 Å². The van der Waals surface area contributed by atoms with Gasteiger partial charge in [-0.1, -0.05) is 23.7 Å². The molecule has 0 saturated carbocycles. The molecule has 104 valence electrons. The van der Waals surface area contributed by atoms with Crippen LogP contribution in [0.25, 0.3) is 0 Å². The van der Waals surface area contributed by atoms with E-state index in [0.717, 1.165) is 31.2 Å². The van der Waals surface area contributed by atoms with Gasteiger partial charge >= 0.3 is 0 Å². The minimum Gasteiger partial charge on any atom is -0.336 e. The van der Waals surface area contributed by atoms with Crippen molar-refractivity contribution in [1.29, 1.82) is 0 Å². The molecule has 1 aromatic carbocycles. The van der Waals surface area contributed by atoms with Gasteiger partial charge in [-0.3, -0.25) is 9.69 Å². The quantitative estimate of drug-likeness (QED) is 0.801. The lowest BCUT2D eigenvalue weighted by molar-refractivity contribution is -0.132. The van der Waals surface area contributed by atoms with Crippen LogP contribution in [0.3, 0.4) is 0 Å².